The summed E-state index contributed by atoms with van der Waals surface area (Å²) in [6, 6.07) is 0. The van der Waals surface area contributed by atoms with Crippen molar-refractivity contribution in [3.63, 3.8) is 0 Å². The molecule has 7 heteroatoms. The average Bonchev–Trinajstić information content (AvgIpc) is 2.27. The Morgan fingerprint density at radius 3 is 2.33 bits per heavy atom. The van der Waals surface area contributed by atoms with E-state index in [4.69, 9.17) is 4.84 Å². The van der Waals surface area contributed by atoms with E-state index in [-0.39, 0.29) is 5.56 Å². The molecular weight excluding hydrogens is 234 g/mol. The van der Waals surface area contributed by atoms with Gasteiger partial charge < -0.3 is 4.84 Å². The number of rotatable bonds is 4. The van der Waals surface area contributed by atoms with Crippen molar-refractivity contribution in [2.45, 2.75) is 13.3 Å². The van der Waals surface area contributed by atoms with E-state index in [1.54, 1.807) is 13.0 Å². The van der Waals surface area contributed by atoms with Gasteiger partial charge in [0, 0.05) is 0 Å². The Bertz CT molecular complexity index is 556. The van der Waals surface area contributed by atoms with Crippen molar-refractivity contribution in [1.82, 2.24) is 25.0 Å². The van der Waals surface area contributed by atoms with Crippen molar-refractivity contribution in [2.24, 2.45) is 0 Å². The molecule has 0 saturated heterocycles. The molecule has 0 bridgehead atoms. The first kappa shape index (κ1) is 14.3. The summed E-state index contributed by atoms with van der Waals surface area (Å²) in [7, 11) is 7.36. The maximum atomic E-state index is 12.0. The lowest BCUT2D eigenvalue weighted by atomic mass is 10.4. The Hall–Kier alpha value is -1.73. The normalized spacial score (nSPS) is 12.8. The van der Waals surface area contributed by atoms with Gasteiger partial charge >= 0.3 is 5.56 Å². The fourth-order valence-corrected chi connectivity index (χ4v) is 1.51. The van der Waals surface area contributed by atoms with Crippen molar-refractivity contribution < 1.29 is 4.84 Å². The molecule has 0 aromatic carbocycles. The van der Waals surface area contributed by atoms with Crippen molar-refractivity contribution in [1.29, 1.82) is 0 Å². The van der Waals surface area contributed by atoms with Crippen LogP contribution in [0.4, 0.5) is 0 Å². The molecule has 0 amide bonds. The molecule has 0 radical (unpaired) electrons. The van der Waals surface area contributed by atoms with E-state index in [2.05, 4.69) is 16.9 Å². The van der Waals surface area contributed by atoms with Gasteiger partial charge in [-0.05, 0) is 45.2 Å². The molecule has 0 unspecified atom stereocenters. The van der Waals surface area contributed by atoms with E-state index in [0.29, 0.717) is 10.6 Å². The minimum absolute atomic E-state index is 0.341. The predicted octanol–water partition coefficient (Wildman–Crippen LogP) is -2.32. The summed E-state index contributed by atoms with van der Waals surface area (Å²) in [5.41, 5.74) is -0.369. The van der Waals surface area contributed by atoms with Gasteiger partial charge in [-0.25, -0.2) is 0 Å². The van der Waals surface area contributed by atoms with Gasteiger partial charge in [0.15, 0.2) is 0 Å². The quantitative estimate of drug-likeness (QED) is 0.562. The van der Waals surface area contributed by atoms with Crippen LogP contribution < -0.4 is 21.0 Å². The second-order valence-electron chi connectivity index (χ2n) is 4.28. The minimum Gasteiger partial charge on any atom is -0.356 e. The van der Waals surface area contributed by atoms with Crippen molar-refractivity contribution in [2.75, 3.05) is 28.2 Å². The Morgan fingerprint density at radius 1 is 1.33 bits per heavy atom. The molecule has 0 saturated carbocycles. The molecule has 7 nitrogen and oxygen atoms in total. The second kappa shape index (κ2) is 5.74. The number of nitrogens with zero attached hydrogens (tertiary/aromatic N) is 5. The lowest BCUT2D eigenvalue weighted by molar-refractivity contribution is -0.139. The molecule has 1 aromatic rings. The van der Waals surface area contributed by atoms with Crippen LogP contribution in [0.15, 0.2) is 4.79 Å². The first-order chi connectivity index (χ1) is 8.38. The topological polar surface area (TPSA) is 63.5 Å². The molecule has 0 aliphatic heterocycles. The van der Waals surface area contributed by atoms with Gasteiger partial charge in [0.05, 0.1) is 10.6 Å². The highest BCUT2D eigenvalue weighted by Crippen LogP contribution is 1.93. The molecule has 0 spiro atoms. The van der Waals surface area contributed by atoms with Gasteiger partial charge in [-0.15, -0.1) is 5.10 Å². The van der Waals surface area contributed by atoms with Crippen LogP contribution in [-0.4, -0.2) is 59.5 Å². The highest BCUT2D eigenvalue weighted by atomic mass is 16.7. The monoisotopic (exact) mass is 253 g/mol. The summed E-state index contributed by atoms with van der Waals surface area (Å²) in [5, 5.41) is 8.21. The van der Waals surface area contributed by atoms with E-state index in [9.17, 15) is 4.79 Å². The fourth-order valence-electron chi connectivity index (χ4n) is 1.51. The van der Waals surface area contributed by atoms with Gasteiger partial charge in [0.2, 0.25) is 6.35 Å². The molecule has 1 heterocycles. The highest BCUT2D eigenvalue weighted by molar-refractivity contribution is 5.17. The summed E-state index contributed by atoms with van der Waals surface area (Å²) in [5.74, 6) is 0. The zero-order chi connectivity index (χ0) is 13.9. The van der Waals surface area contributed by atoms with Crippen LogP contribution in [0, 0.1) is 0 Å². The maximum Gasteiger partial charge on any atom is 0.314 e. The largest absolute Gasteiger partial charge is 0.356 e. The predicted molar refractivity (Wildman–Crippen MR) is 68.9 cm³/mol. The molecule has 18 heavy (non-hydrogen) atoms. The third-order valence-corrected chi connectivity index (χ3v) is 2.33. The zero-order valence-corrected chi connectivity index (χ0v) is 11.4. The average molecular weight is 253 g/mol. The van der Waals surface area contributed by atoms with Crippen molar-refractivity contribution in [3.05, 3.63) is 20.9 Å². The Morgan fingerprint density at radius 2 is 1.89 bits per heavy atom. The smallest absolute Gasteiger partial charge is 0.314 e. The number of hydrogen-bond acceptors (Lipinski definition) is 6. The first-order valence-corrected chi connectivity index (χ1v) is 5.49. The van der Waals surface area contributed by atoms with Crippen LogP contribution in [-0.2, 0) is 0 Å². The molecule has 100 valence electrons. The van der Waals surface area contributed by atoms with E-state index < -0.39 is 6.35 Å². The zero-order valence-electron chi connectivity index (χ0n) is 11.4. The van der Waals surface area contributed by atoms with Crippen molar-refractivity contribution >= 4 is 12.7 Å². The summed E-state index contributed by atoms with van der Waals surface area (Å²) >= 11 is 0. The van der Waals surface area contributed by atoms with Crippen LogP contribution >= 0.6 is 0 Å². The lowest BCUT2D eigenvalue weighted by Crippen LogP contribution is -2.55. The highest BCUT2D eigenvalue weighted by Gasteiger charge is 2.17. The van der Waals surface area contributed by atoms with Gasteiger partial charge in [0.25, 0.3) is 0 Å². The maximum absolute atomic E-state index is 12.0. The molecule has 0 fully saturated rings. The molecule has 1 rings (SSSR count). The number of aromatic nitrogens is 3. The van der Waals surface area contributed by atoms with Gasteiger partial charge in [-0.1, -0.05) is 12.7 Å². The minimum atomic E-state index is -0.419. The number of hydrogen-bond donors (Lipinski definition) is 0. The van der Waals surface area contributed by atoms with Crippen molar-refractivity contribution in [3.8, 4) is 0 Å². The molecule has 1 aromatic heterocycles. The van der Waals surface area contributed by atoms with E-state index in [1.807, 2.05) is 38.0 Å². The first-order valence-electron chi connectivity index (χ1n) is 5.49. The summed E-state index contributed by atoms with van der Waals surface area (Å²) < 4.78 is 0. The summed E-state index contributed by atoms with van der Waals surface area (Å²) in [6.07, 6.45) is 1.22. The Kier molecular flexibility index (Phi) is 4.57. The Labute approximate surface area is 106 Å². The van der Waals surface area contributed by atoms with E-state index in [0.717, 1.165) is 4.85 Å². The molecule has 0 N–H and O–H groups in total. The van der Waals surface area contributed by atoms with Gasteiger partial charge in [-0.3, -0.25) is 14.6 Å². The molecule has 0 atom stereocenters. The Balaban J connectivity index is 3.21. The van der Waals surface area contributed by atoms with E-state index >= 15 is 0 Å². The molecular formula is C11H19N5O2. The van der Waals surface area contributed by atoms with Gasteiger partial charge in [0.1, 0.15) is 0 Å². The third-order valence-electron chi connectivity index (χ3n) is 2.33. The fraction of sp³-hybridized carbons (Fsp3) is 0.545. The van der Waals surface area contributed by atoms with Crippen LogP contribution in [0.1, 0.15) is 6.92 Å². The second-order valence-corrected chi connectivity index (χ2v) is 4.28. The lowest BCUT2D eigenvalue weighted by Gasteiger charge is -2.29. The van der Waals surface area contributed by atoms with E-state index in [1.165, 1.54) is 0 Å². The van der Waals surface area contributed by atoms with Crippen LogP contribution in [0.5, 0.6) is 0 Å². The standard InChI is InChI=1S/C11H19N5O2/c1-7-9-8(2)12-13-16(10(9)17)18-11(14(3)4)15(5)6/h7,11H,2H2,1,3-6H3/b9-7+. The third kappa shape index (κ3) is 2.93. The van der Waals surface area contributed by atoms with Crippen LogP contribution in [0.25, 0.3) is 12.7 Å². The van der Waals surface area contributed by atoms with Gasteiger partial charge in [-0.2, -0.15) is 0 Å². The van der Waals surface area contributed by atoms with Crippen LogP contribution in [0.3, 0.4) is 0 Å². The molecule has 0 aliphatic rings. The summed E-state index contributed by atoms with van der Waals surface area (Å²) in [6.45, 7) is 5.39. The van der Waals surface area contributed by atoms with Crippen LogP contribution in [0.2, 0.25) is 0 Å². The molecule has 0 aliphatic carbocycles. The summed E-state index contributed by atoms with van der Waals surface area (Å²) in [4.78, 5) is 22.0. The SMILES string of the molecule is C=c1nnn(OC(N(C)C)N(C)C)c(=O)/c1=C/C.